The van der Waals surface area contributed by atoms with Gasteiger partial charge in [0.1, 0.15) is 5.75 Å². The fourth-order valence-corrected chi connectivity index (χ4v) is 7.64. The van der Waals surface area contributed by atoms with Crippen molar-refractivity contribution in [1.29, 1.82) is 0 Å². The predicted molar refractivity (Wildman–Crippen MR) is 182 cm³/mol. The Morgan fingerprint density at radius 2 is 1.81 bits per heavy atom. The van der Waals surface area contributed by atoms with E-state index in [-0.39, 0.29) is 58.6 Å². The van der Waals surface area contributed by atoms with E-state index in [2.05, 4.69) is 9.71 Å². The topological polar surface area (TPSA) is 160 Å². The molecule has 0 spiro atoms. The molecule has 1 aliphatic heterocycles. The normalized spacial score (nSPS) is 20.9. The maximum atomic E-state index is 14.3. The van der Waals surface area contributed by atoms with E-state index in [1.165, 1.54) is 45.5 Å². The molecule has 264 valence electrons. The number of hydrogen-bond acceptors (Lipinski definition) is 9. The maximum Gasteiger partial charge on any atom is 0.280 e. The minimum Gasteiger partial charge on any atom is -0.490 e. The van der Waals surface area contributed by atoms with Gasteiger partial charge in [-0.15, -0.1) is 0 Å². The number of aliphatic hydroxyl groups is 1. The third kappa shape index (κ3) is 9.14. The smallest absolute Gasteiger partial charge is 0.280 e. The van der Waals surface area contributed by atoms with E-state index >= 15 is 0 Å². The number of imidazole rings is 1. The second-order valence-corrected chi connectivity index (χ2v) is 16.3. The summed E-state index contributed by atoms with van der Waals surface area (Å²) in [6, 6.07) is 10.5. The van der Waals surface area contributed by atoms with Gasteiger partial charge in [0.15, 0.2) is 5.03 Å². The van der Waals surface area contributed by atoms with Crippen molar-refractivity contribution in [2.45, 2.75) is 75.1 Å². The van der Waals surface area contributed by atoms with E-state index in [0.29, 0.717) is 19.4 Å². The van der Waals surface area contributed by atoms with E-state index in [1.54, 1.807) is 44.3 Å². The van der Waals surface area contributed by atoms with E-state index in [1.807, 2.05) is 20.8 Å². The van der Waals surface area contributed by atoms with Crippen molar-refractivity contribution in [1.82, 2.24) is 18.8 Å². The molecule has 4 atom stereocenters. The van der Waals surface area contributed by atoms with Crippen LogP contribution < -0.4 is 9.46 Å². The average molecular weight is 706 g/mol. The van der Waals surface area contributed by atoms with Crippen LogP contribution in [0.3, 0.4) is 0 Å². The molecule has 0 fully saturated rings. The first kappa shape index (κ1) is 37.3. The first-order valence-electron chi connectivity index (χ1n) is 16.0. The molecule has 0 saturated heterocycles. The van der Waals surface area contributed by atoms with Crippen molar-refractivity contribution in [3.05, 3.63) is 66.1 Å². The van der Waals surface area contributed by atoms with Gasteiger partial charge in [-0.1, -0.05) is 24.6 Å². The fraction of sp³-hybridized carbons (Fsp3) is 0.515. The van der Waals surface area contributed by atoms with Crippen LogP contribution in [0.5, 0.6) is 5.75 Å². The number of likely N-dealkylation sites (N-methyl/N-ethyl adjacent to an activating group) is 1. The molecule has 1 aromatic heterocycles. The van der Waals surface area contributed by atoms with E-state index < -0.39 is 38.1 Å². The number of hydrogen-bond donors (Lipinski definition) is 2. The fourth-order valence-electron chi connectivity index (χ4n) is 5.43. The van der Waals surface area contributed by atoms with Crippen molar-refractivity contribution in [3.63, 3.8) is 0 Å². The minimum absolute atomic E-state index is 0.0441. The second kappa shape index (κ2) is 15.8. The summed E-state index contributed by atoms with van der Waals surface area (Å²) < 4.78 is 70.8. The average Bonchev–Trinajstić information content (AvgIpc) is 3.49. The third-order valence-electron chi connectivity index (χ3n) is 8.43. The number of nitrogens with zero attached hydrogens (tertiary/aromatic N) is 4. The van der Waals surface area contributed by atoms with Crippen molar-refractivity contribution >= 4 is 31.6 Å². The molecule has 0 radical (unpaired) electrons. The zero-order valence-electron chi connectivity index (χ0n) is 28.4. The lowest BCUT2D eigenvalue weighted by molar-refractivity contribution is -0.00833. The van der Waals surface area contributed by atoms with Gasteiger partial charge >= 0.3 is 0 Å². The molecule has 2 N–H and O–H groups in total. The molecule has 0 bridgehead atoms. The van der Waals surface area contributed by atoms with Gasteiger partial charge < -0.3 is 24.0 Å². The lowest BCUT2D eigenvalue weighted by Crippen LogP contribution is -2.48. The van der Waals surface area contributed by atoms with Crippen LogP contribution in [-0.2, 0) is 31.8 Å². The molecule has 48 heavy (non-hydrogen) atoms. The highest BCUT2D eigenvalue weighted by Crippen LogP contribution is 2.29. The Kier molecular flexibility index (Phi) is 12.3. The highest BCUT2D eigenvalue weighted by atomic mass is 32.2. The summed E-state index contributed by atoms with van der Waals surface area (Å²) in [5.74, 6) is -0.568. The van der Waals surface area contributed by atoms with Crippen LogP contribution in [0.4, 0.5) is 5.69 Å². The summed E-state index contributed by atoms with van der Waals surface area (Å²) in [6.45, 7) is 7.56. The summed E-state index contributed by atoms with van der Waals surface area (Å²) in [5.41, 5.74) is 1.20. The quantitative estimate of drug-likeness (QED) is 0.339. The molecule has 13 nitrogen and oxygen atoms in total. The SMILES string of the molecule is Cc1ccc(S(=O)(=O)N(C)C[C@@H]2OCCCC[C@H](C)Oc3ccc(NS(=O)(=O)c4cn(C)cn4)cc3C(=O)N([C@@H](C)CO)C[C@H]2C)cc1. The van der Waals surface area contributed by atoms with Crippen molar-refractivity contribution in [3.8, 4) is 5.75 Å². The molecule has 0 aliphatic carbocycles. The number of aliphatic hydroxyl groups excluding tert-OH is 1. The number of aromatic nitrogens is 2. The second-order valence-electron chi connectivity index (χ2n) is 12.6. The van der Waals surface area contributed by atoms with Crippen LogP contribution in [-0.4, -0.2) is 98.2 Å². The Morgan fingerprint density at radius 1 is 1.10 bits per heavy atom. The van der Waals surface area contributed by atoms with Gasteiger partial charge in [-0.3, -0.25) is 9.52 Å². The number of amides is 1. The minimum atomic E-state index is -4.05. The molecular formula is C33H47N5O8S2. The number of nitrogens with one attached hydrogen (secondary N) is 1. The van der Waals surface area contributed by atoms with Gasteiger partial charge in [0.05, 0.1) is 41.6 Å². The number of carbonyl (C=O) groups is 1. The number of rotatable bonds is 9. The van der Waals surface area contributed by atoms with Gasteiger partial charge in [-0.2, -0.15) is 12.7 Å². The lowest BCUT2D eigenvalue weighted by Gasteiger charge is -2.35. The summed E-state index contributed by atoms with van der Waals surface area (Å²) in [4.78, 5) is 19.9. The molecule has 2 heterocycles. The van der Waals surface area contributed by atoms with Crippen LogP contribution in [0.25, 0.3) is 0 Å². The first-order valence-corrected chi connectivity index (χ1v) is 18.9. The maximum absolute atomic E-state index is 14.3. The number of ether oxygens (including phenoxy) is 2. The van der Waals surface area contributed by atoms with Crippen LogP contribution in [0.2, 0.25) is 0 Å². The van der Waals surface area contributed by atoms with Gasteiger partial charge in [-0.25, -0.2) is 13.4 Å². The summed E-state index contributed by atoms with van der Waals surface area (Å²) in [6.07, 6.45) is 4.01. The van der Waals surface area contributed by atoms with E-state index in [4.69, 9.17) is 9.47 Å². The van der Waals surface area contributed by atoms with Gasteiger partial charge in [0.25, 0.3) is 15.9 Å². The number of anilines is 1. The van der Waals surface area contributed by atoms with E-state index in [9.17, 15) is 26.7 Å². The van der Waals surface area contributed by atoms with Crippen molar-refractivity contribution in [2.75, 3.05) is 38.1 Å². The van der Waals surface area contributed by atoms with Crippen LogP contribution in [0.1, 0.15) is 56.0 Å². The largest absolute Gasteiger partial charge is 0.490 e. The molecule has 1 amide bonds. The Balaban J connectivity index is 1.67. The van der Waals surface area contributed by atoms with Crippen LogP contribution in [0.15, 0.2) is 64.9 Å². The van der Waals surface area contributed by atoms with Crippen LogP contribution in [0, 0.1) is 12.8 Å². The molecular weight excluding hydrogens is 659 g/mol. The highest BCUT2D eigenvalue weighted by molar-refractivity contribution is 7.92. The number of fused-ring (bicyclic) bond motifs is 1. The van der Waals surface area contributed by atoms with Gasteiger partial charge in [-0.05, 0) is 70.4 Å². The Bertz CT molecular complexity index is 1760. The summed E-state index contributed by atoms with van der Waals surface area (Å²) in [5, 5.41) is 10.0. The first-order chi connectivity index (χ1) is 22.6. The zero-order chi connectivity index (χ0) is 35.2. The summed E-state index contributed by atoms with van der Waals surface area (Å²) >= 11 is 0. The molecule has 15 heteroatoms. The number of benzene rings is 2. The molecule has 0 saturated carbocycles. The number of aryl methyl sites for hydroxylation is 2. The number of carbonyl (C=O) groups excluding carboxylic acids is 1. The Labute approximate surface area is 284 Å². The molecule has 0 unspecified atom stereocenters. The molecule has 1 aliphatic rings. The van der Waals surface area contributed by atoms with Gasteiger partial charge in [0, 0.05) is 51.6 Å². The van der Waals surface area contributed by atoms with Crippen LogP contribution >= 0.6 is 0 Å². The highest BCUT2D eigenvalue weighted by Gasteiger charge is 2.32. The van der Waals surface area contributed by atoms with E-state index in [0.717, 1.165) is 12.0 Å². The lowest BCUT2D eigenvalue weighted by atomic mass is 10.0. The monoisotopic (exact) mass is 705 g/mol. The summed E-state index contributed by atoms with van der Waals surface area (Å²) in [7, 11) is -4.70. The number of sulfonamides is 2. The molecule has 2 aromatic carbocycles. The standard InChI is InChI=1S/C33H47N5O8S2/c1-23-10-13-28(14-11-23)48(43,44)37(6)19-31-24(2)18-38(25(3)21-39)33(40)29-17-27(35-47(41,42)32-20-36(5)22-34-32)12-15-30(29)46-26(4)9-7-8-16-45-31/h10-15,17,20,22,24-26,31,35,39H,7-9,16,18-19,21H2,1-6H3/t24-,25+,26+,31+/m1/s1. The Morgan fingerprint density at radius 3 is 2.46 bits per heavy atom. The third-order valence-corrected chi connectivity index (χ3v) is 11.5. The molecule has 3 aromatic rings. The van der Waals surface area contributed by atoms with Crippen molar-refractivity contribution < 1.29 is 36.2 Å². The molecule has 4 rings (SSSR count). The van der Waals surface area contributed by atoms with Gasteiger partial charge in [0.2, 0.25) is 10.0 Å². The Hall–Kier alpha value is -3.50. The zero-order valence-corrected chi connectivity index (χ0v) is 30.0. The predicted octanol–water partition coefficient (Wildman–Crippen LogP) is 3.65. The van der Waals surface area contributed by atoms with Crippen molar-refractivity contribution in [2.24, 2.45) is 13.0 Å².